The molecule has 21 heavy (non-hydrogen) atoms. The van der Waals surface area contributed by atoms with E-state index in [2.05, 4.69) is 21.0 Å². The number of nitrogens with zero attached hydrogens (tertiary/aromatic N) is 3. The number of aliphatic imine (C=N–C) groups is 2. The molecule has 0 saturated heterocycles. The van der Waals surface area contributed by atoms with E-state index in [1.807, 2.05) is 42.5 Å². The van der Waals surface area contributed by atoms with Crippen LogP contribution in [0.2, 0.25) is 0 Å². The minimum Gasteiger partial charge on any atom is -0.370 e. The molecule has 0 radical (unpaired) electrons. The second-order valence-corrected chi connectivity index (χ2v) is 4.54. The van der Waals surface area contributed by atoms with Gasteiger partial charge in [-0.3, -0.25) is 0 Å². The molecule has 0 bridgehead atoms. The molecular weight excluding hydrogens is 264 g/mol. The van der Waals surface area contributed by atoms with E-state index in [-0.39, 0.29) is 11.9 Å². The molecule has 6 nitrogen and oxygen atoms in total. The zero-order valence-corrected chi connectivity index (χ0v) is 11.2. The Balaban J connectivity index is 2.24. The van der Waals surface area contributed by atoms with Gasteiger partial charge in [-0.1, -0.05) is 30.3 Å². The van der Waals surface area contributed by atoms with Crippen LogP contribution in [0.3, 0.4) is 0 Å². The maximum atomic E-state index is 5.69. The van der Waals surface area contributed by atoms with Crippen molar-refractivity contribution < 1.29 is 0 Å². The second-order valence-electron chi connectivity index (χ2n) is 4.54. The first kappa shape index (κ1) is 12.9. The molecule has 0 aliphatic heterocycles. The Kier molecular flexibility index (Phi) is 3.12. The lowest BCUT2D eigenvalue weighted by molar-refractivity contribution is 1.38. The number of hydrogen-bond acceptors (Lipinski definition) is 2. The predicted molar refractivity (Wildman–Crippen MR) is 86.3 cm³/mol. The van der Waals surface area contributed by atoms with Crippen molar-refractivity contribution in [1.29, 1.82) is 0 Å². The van der Waals surface area contributed by atoms with Gasteiger partial charge in [-0.25, -0.2) is 9.98 Å². The minimum atomic E-state index is -0.130. The summed E-state index contributed by atoms with van der Waals surface area (Å²) in [4.78, 5) is 12.6. The molecule has 0 unspecified atom stereocenters. The maximum absolute atomic E-state index is 5.69. The van der Waals surface area contributed by atoms with Gasteiger partial charge < -0.3 is 17.2 Å². The molecule has 104 valence electrons. The van der Waals surface area contributed by atoms with Crippen molar-refractivity contribution in [2.45, 2.75) is 0 Å². The third-order valence-electron chi connectivity index (χ3n) is 3.00. The van der Waals surface area contributed by atoms with E-state index in [4.69, 9.17) is 17.2 Å². The molecule has 1 aromatic heterocycles. The van der Waals surface area contributed by atoms with Crippen molar-refractivity contribution in [3.8, 4) is 0 Å². The Bertz CT molecular complexity index is 878. The summed E-state index contributed by atoms with van der Waals surface area (Å²) in [6.45, 7) is 0. The second kappa shape index (κ2) is 5.09. The third-order valence-corrected chi connectivity index (χ3v) is 3.00. The summed E-state index contributed by atoms with van der Waals surface area (Å²) < 4.78 is 0. The van der Waals surface area contributed by atoms with Crippen LogP contribution in [0, 0.1) is 0 Å². The fourth-order valence-corrected chi connectivity index (χ4v) is 2.16. The lowest BCUT2D eigenvalue weighted by atomic mass is 10.1. The van der Waals surface area contributed by atoms with Crippen LogP contribution in [-0.4, -0.2) is 16.9 Å². The molecule has 0 amide bonds. The smallest absolute Gasteiger partial charge is 0.223 e. The Morgan fingerprint density at radius 3 is 2.48 bits per heavy atom. The highest BCUT2D eigenvalue weighted by atomic mass is 15.1. The highest BCUT2D eigenvalue weighted by Gasteiger charge is 2.04. The van der Waals surface area contributed by atoms with E-state index in [1.54, 1.807) is 0 Å². The standard InChI is InChI=1S/C15H14N6/c16-14(17)21-15(18)20-12-7-3-5-10-8-9-4-1-2-6-11(9)19-13(10)12/h1-8H,(H6,16,17,18,20,21). The highest BCUT2D eigenvalue weighted by molar-refractivity contribution is 6.00. The number of fused-ring (bicyclic) bond motifs is 2. The molecule has 0 saturated carbocycles. The van der Waals surface area contributed by atoms with Gasteiger partial charge in [0.2, 0.25) is 5.96 Å². The molecule has 0 fully saturated rings. The molecule has 6 heteroatoms. The monoisotopic (exact) mass is 278 g/mol. The van der Waals surface area contributed by atoms with Gasteiger partial charge in [0.05, 0.1) is 16.7 Å². The lowest BCUT2D eigenvalue weighted by Gasteiger charge is -2.04. The average molecular weight is 278 g/mol. The molecule has 0 aliphatic carbocycles. The Morgan fingerprint density at radius 1 is 0.905 bits per heavy atom. The Morgan fingerprint density at radius 2 is 1.67 bits per heavy atom. The largest absolute Gasteiger partial charge is 0.370 e. The zero-order valence-electron chi connectivity index (χ0n) is 11.2. The van der Waals surface area contributed by atoms with Crippen LogP contribution in [0.5, 0.6) is 0 Å². The van der Waals surface area contributed by atoms with Crippen LogP contribution in [-0.2, 0) is 0 Å². The number of para-hydroxylation sites is 2. The van der Waals surface area contributed by atoms with E-state index >= 15 is 0 Å². The quantitative estimate of drug-likeness (QED) is 0.356. The van der Waals surface area contributed by atoms with Gasteiger partial charge in [0.25, 0.3) is 0 Å². The van der Waals surface area contributed by atoms with Gasteiger partial charge in [-0.05, 0) is 18.2 Å². The fourth-order valence-electron chi connectivity index (χ4n) is 2.16. The van der Waals surface area contributed by atoms with Gasteiger partial charge in [-0.15, -0.1) is 0 Å². The Labute approximate surface area is 121 Å². The van der Waals surface area contributed by atoms with Crippen molar-refractivity contribution in [3.63, 3.8) is 0 Å². The SMILES string of the molecule is NC(N)=NC(N)=Nc1cccc2cc3ccccc3nc12. The summed E-state index contributed by atoms with van der Waals surface area (Å²) in [5, 5.41) is 2.05. The third kappa shape index (κ3) is 2.59. The van der Waals surface area contributed by atoms with Crippen molar-refractivity contribution >= 4 is 39.4 Å². The summed E-state index contributed by atoms with van der Waals surface area (Å²) in [6, 6.07) is 15.6. The van der Waals surface area contributed by atoms with Crippen molar-refractivity contribution in [3.05, 3.63) is 48.5 Å². The molecular formula is C15H14N6. The van der Waals surface area contributed by atoms with Gasteiger partial charge in [0.15, 0.2) is 5.96 Å². The molecule has 0 aliphatic rings. The van der Waals surface area contributed by atoms with Crippen LogP contribution in [0.4, 0.5) is 5.69 Å². The van der Waals surface area contributed by atoms with Gasteiger partial charge >= 0.3 is 0 Å². The first-order chi connectivity index (χ1) is 10.1. The van der Waals surface area contributed by atoms with E-state index in [0.717, 1.165) is 21.8 Å². The maximum Gasteiger partial charge on any atom is 0.223 e. The topological polar surface area (TPSA) is 116 Å². The van der Waals surface area contributed by atoms with E-state index in [0.29, 0.717) is 5.69 Å². The van der Waals surface area contributed by atoms with Crippen LogP contribution in [0.1, 0.15) is 0 Å². The summed E-state index contributed by atoms with van der Waals surface area (Å²) in [5.41, 5.74) is 18.5. The fraction of sp³-hybridized carbons (Fsp3) is 0. The summed E-state index contributed by atoms with van der Waals surface area (Å²) in [5.74, 6) is -0.132. The molecule has 0 spiro atoms. The number of guanidine groups is 2. The van der Waals surface area contributed by atoms with Crippen LogP contribution in [0.15, 0.2) is 58.5 Å². The van der Waals surface area contributed by atoms with E-state index < -0.39 is 0 Å². The van der Waals surface area contributed by atoms with Crippen molar-refractivity contribution in [1.82, 2.24) is 4.98 Å². The number of nitrogens with two attached hydrogens (primary N) is 3. The molecule has 1 heterocycles. The zero-order chi connectivity index (χ0) is 14.8. The highest BCUT2D eigenvalue weighted by Crippen LogP contribution is 2.27. The number of pyridine rings is 1. The first-order valence-electron chi connectivity index (χ1n) is 6.36. The summed E-state index contributed by atoms with van der Waals surface area (Å²) in [6.07, 6.45) is 0. The lowest BCUT2D eigenvalue weighted by Crippen LogP contribution is -2.26. The first-order valence-corrected chi connectivity index (χ1v) is 6.36. The summed E-state index contributed by atoms with van der Waals surface area (Å²) >= 11 is 0. The van der Waals surface area contributed by atoms with Gasteiger partial charge in [0, 0.05) is 10.8 Å². The van der Waals surface area contributed by atoms with Gasteiger partial charge in [0.1, 0.15) is 0 Å². The van der Waals surface area contributed by atoms with Gasteiger partial charge in [-0.2, -0.15) is 4.99 Å². The summed E-state index contributed by atoms with van der Waals surface area (Å²) in [7, 11) is 0. The molecule has 3 aromatic rings. The van der Waals surface area contributed by atoms with E-state index in [9.17, 15) is 0 Å². The van der Waals surface area contributed by atoms with E-state index in [1.165, 1.54) is 0 Å². The molecule has 3 rings (SSSR count). The van der Waals surface area contributed by atoms with Crippen LogP contribution >= 0.6 is 0 Å². The molecule has 2 aromatic carbocycles. The number of hydrogen-bond donors (Lipinski definition) is 3. The number of benzene rings is 2. The number of rotatable bonds is 1. The van der Waals surface area contributed by atoms with Crippen LogP contribution in [0.25, 0.3) is 21.8 Å². The van der Waals surface area contributed by atoms with Crippen molar-refractivity contribution in [2.75, 3.05) is 0 Å². The average Bonchev–Trinajstić information content (AvgIpc) is 2.45. The molecule has 6 N–H and O–H groups in total. The normalized spacial score (nSPS) is 11.7. The van der Waals surface area contributed by atoms with Crippen LogP contribution < -0.4 is 17.2 Å². The predicted octanol–water partition coefficient (Wildman–Crippen LogP) is 1.61. The minimum absolute atomic E-state index is 0.00235. The number of aromatic nitrogens is 1. The van der Waals surface area contributed by atoms with Crippen molar-refractivity contribution in [2.24, 2.45) is 27.2 Å². The molecule has 0 atom stereocenters. The Hall–Kier alpha value is -3.15.